The summed E-state index contributed by atoms with van der Waals surface area (Å²) in [6, 6.07) is 11.1. The fourth-order valence-corrected chi connectivity index (χ4v) is 3.91. The van der Waals surface area contributed by atoms with E-state index in [1.807, 2.05) is 41.8 Å². The van der Waals surface area contributed by atoms with Crippen LogP contribution in [0.2, 0.25) is 0 Å². The Bertz CT molecular complexity index is 728. The third-order valence-electron chi connectivity index (χ3n) is 4.67. The Labute approximate surface area is 158 Å². The number of piperidine rings is 1. The molecule has 0 aliphatic carbocycles. The van der Waals surface area contributed by atoms with Gasteiger partial charge in [0.15, 0.2) is 0 Å². The van der Waals surface area contributed by atoms with E-state index in [9.17, 15) is 9.59 Å². The van der Waals surface area contributed by atoms with E-state index in [1.54, 1.807) is 12.0 Å². The summed E-state index contributed by atoms with van der Waals surface area (Å²) in [4.78, 5) is 27.8. The highest BCUT2D eigenvalue weighted by molar-refractivity contribution is 7.12. The van der Waals surface area contributed by atoms with Crippen LogP contribution in [0.25, 0.3) is 0 Å². The van der Waals surface area contributed by atoms with Crippen LogP contribution in [0.15, 0.2) is 41.8 Å². The molecule has 1 N–H and O–H groups in total. The summed E-state index contributed by atoms with van der Waals surface area (Å²) in [5.41, 5.74) is 1.14. The van der Waals surface area contributed by atoms with E-state index in [-0.39, 0.29) is 17.9 Å². The molecular weight excluding hydrogens is 348 g/mol. The number of hydrogen-bond donors (Lipinski definition) is 1. The van der Waals surface area contributed by atoms with Crippen molar-refractivity contribution in [1.29, 1.82) is 0 Å². The summed E-state index contributed by atoms with van der Waals surface area (Å²) < 4.78 is 5.15. The van der Waals surface area contributed by atoms with Crippen LogP contribution in [-0.4, -0.2) is 43.0 Å². The molecule has 1 saturated heterocycles. The smallest absolute Gasteiger partial charge is 0.264 e. The fraction of sp³-hybridized carbons (Fsp3) is 0.400. The second-order valence-electron chi connectivity index (χ2n) is 6.38. The number of likely N-dealkylation sites (tertiary alicyclic amines) is 1. The highest BCUT2D eigenvalue weighted by Crippen LogP contribution is 2.22. The van der Waals surface area contributed by atoms with E-state index < -0.39 is 0 Å². The zero-order chi connectivity index (χ0) is 18.4. The molecule has 1 aliphatic rings. The van der Waals surface area contributed by atoms with E-state index in [4.69, 9.17) is 4.74 Å². The van der Waals surface area contributed by atoms with E-state index in [0.717, 1.165) is 37.0 Å². The monoisotopic (exact) mass is 372 g/mol. The average molecular weight is 372 g/mol. The molecule has 1 aromatic heterocycles. The molecule has 0 spiro atoms. The molecule has 1 unspecified atom stereocenters. The summed E-state index contributed by atoms with van der Waals surface area (Å²) in [7, 11) is 1.64. The molecule has 1 fully saturated rings. The van der Waals surface area contributed by atoms with Crippen molar-refractivity contribution in [2.75, 3.05) is 20.2 Å². The number of rotatable bonds is 6. The van der Waals surface area contributed by atoms with Crippen LogP contribution in [0.4, 0.5) is 0 Å². The molecule has 2 aromatic rings. The second-order valence-corrected chi connectivity index (χ2v) is 7.32. The van der Waals surface area contributed by atoms with Crippen molar-refractivity contribution in [3.63, 3.8) is 0 Å². The quantitative estimate of drug-likeness (QED) is 0.848. The van der Waals surface area contributed by atoms with Crippen LogP contribution in [-0.2, 0) is 11.2 Å². The van der Waals surface area contributed by atoms with E-state index in [2.05, 4.69) is 5.32 Å². The largest absolute Gasteiger partial charge is 0.497 e. The summed E-state index contributed by atoms with van der Waals surface area (Å²) in [5, 5.41) is 4.89. The third kappa shape index (κ3) is 4.43. The minimum absolute atomic E-state index is 0.0324. The lowest BCUT2D eigenvalue weighted by atomic mass is 10.0. The number of methoxy groups -OCH3 is 1. The molecule has 5 nitrogen and oxygen atoms in total. The molecule has 1 atom stereocenters. The second kappa shape index (κ2) is 8.85. The van der Waals surface area contributed by atoms with Crippen molar-refractivity contribution in [1.82, 2.24) is 10.2 Å². The van der Waals surface area contributed by atoms with Crippen LogP contribution in [0.1, 0.15) is 34.5 Å². The molecule has 26 heavy (non-hydrogen) atoms. The lowest BCUT2D eigenvalue weighted by molar-refractivity contribution is -0.126. The summed E-state index contributed by atoms with van der Waals surface area (Å²) in [5.74, 6) is 0.737. The van der Waals surface area contributed by atoms with E-state index in [0.29, 0.717) is 18.0 Å². The Kier molecular flexibility index (Phi) is 6.28. The highest BCUT2D eigenvalue weighted by atomic mass is 32.1. The van der Waals surface area contributed by atoms with Crippen LogP contribution < -0.4 is 10.1 Å². The summed E-state index contributed by atoms with van der Waals surface area (Å²) >= 11 is 1.42. The molecule has 6 heteroatoms. The molecule has 2 amide bonds. The van der Waals surface area contributed by atoms with Gasteiger partial charge < -0.3 is 15.0 Å². The van der Waals surface area contributed by atoms with Crippen LogP contribution in [0.3, 0.4) is 0 Å². The number of nitrogens with zero attached hydrogens (tertiary/aromatic N) is 1. The minimum Gasteiger partial charge on any atom is -0.497 e. The predicted octanol–water partition coefficient (Wildman–Crippen LogP) is 3.11. The first kappa shape index (κ1) is 18.5. The zero-order valence-electron chi connectivity index (χ0n) is 14.9. The molecule has 1 aromatic carbocycles. The first-order valence-electron chi connectivity index (χ1n) is 8.94. The van der Waals surface area contributed by atoms with E-state index in [1.165, 1.54) is 11.3 Å². The van der Waals surface area contributed by atoms with Crippen LogP contribution >= 0.6 is 11.3 Å². The number of nitrogens with one attached hydrogen (secondary N) is 1. The number of ether oxygens (including phenoxy) is 1. The van der Waals surface area contributed by atoms with Crippen molar-refractivity contribution in [2.45, 2.75) is 31.7 Å². The van der Waals surface area contributed by atoms with Gasteiger partial charge in [-0.15, -0.1) is 11.3 Å². The van der Waals surface area contributed by atoms with Crippen molar-refractivity contribution in [3.05, 3.63) is 52.2 Å². The number of carbonyl (C=O) groups excluding carboxylic acids is 2. The Balaban J connectivity index is 1.55. The molecule has 0 bridgehead atoms. The molecule has 138 valence electrons. The lowest BCUT2D eigenvalue weighted by Gasteiger charge is -2.34. The molecule has 2 heterocycles. The van der Waals surface area contributed by atoms with Crippen molar-refractivity contribution < 1.29 is 14.3 Å². The summed E-state index contributed by atoms with van der Waals surface area (Å²) in [6.45, 7) is 1.20. The van der Waals surface area contributed by atoms with Gasteiger partial charge in [0.1, 0.15) is 11.8 Å². The van der Waals surface area contributed by atoms with Gasteiger partial charge in [0, 0.05) is 13.1 Å². The first-order valence-corrected chi connectivity index (χ1v) is 9.82. The van der Waals surface area contributed by atoms with Crippen molar-refractivity contribution in [2.24, 2.45) is 0 Å². The summed E-state index contributed by atoms with van der Waals surface area (Å²) in [6.07, 6.45) is 3.41. The lowest BCUT2D eigenvalue weighted by Crippen LogP contribution is -2.52. The van der Waals surface area contributed by atoms with Gasteiger partial charge in [-0.25, -0.2) is 0 Å². The first-order chi connectivity index (χ1) is 12.7. The maximum Gasteiger partial charge on any atom is 0.264 e. The number of amides is 2. The Morgan fingerprint density at radius 2 is 2.04 bits per heavy atom. The van der Waals surface area contributed by atoms with Gasteiger partial charge in [-0.2, -0.15) is 0 Å². The van der Waals surface area contributed by atoms with Gasteiger partial charge in [-0.1, -0.05) is 18.2 Å². The number of hydrogen-bond acceptors (Lipinski definition) is 4. The Morgan fingerprint density at radius 1 is 1.23 bits per heavy atom. The van der Waals surface area contributed by atoms with Gasteiger partial charge in [0.05, 0.1) is 12.0 Å². The fourth-order valence-electron chi connectivity index (χ4n) is 3.23. The molecule has 1 aliphatic heterocycles. The zero-order valence-corrected chi connectivity index (χ0v) is 15.8. The number of carbonyl (C=O) groups is 2. The van der Waals surface area contributed by atoms with Gasteiger partial charge in [-0.3, -0.25) is 9.59 Å². The molecule has 0 radical (unpaired) electrons. The molecular formula is C20H24N2O3S. The minimum atomic E-state index is -0.366. The van der Waals surface area contributed by atoms with Gasteiger partial charge >= 0.3 is 0 Å². The average Bonchev–Trinajstić information content (AvgIpc) is 3.22. The highest BCUT2D eigenvalue weighted by Gasteiger charge is 2.32. The number of benzene rings is 1. The Morgan fingerprint density at radius 3 is 2.73 bits per heavy atom. The van der Waals surface area contributed by atoms with E-state index >= 15 is 0 Å². The molecule has 3 rings (SSSR count). The van der Waals surface area contributed by atoms with Crippen molar-refractivity contribution >= 4 is 23.2 Å². The van der Waals surface area contributed by atoms with Gasteiger partial charge in [0.2, 0.25) is 5.91 Å². The standard InChI is InChI=1S/C20H24N2O3S/c1-25-16-9-7-15(8-10-16)11-12-21-19(23)17-5-2-3-13-22(17)20(24)18-6-4-14-26-18/h4,6-10,14,17H,2-3,5,11-13H2,1H3,(H,21,23). The normalized spacial score (nSPS) is 17.0. The van der Waals surface area contributed by atoms with Gasteiger partial charge in [0.25, 0.3) is 5.91 Å². The van der Waals surface area contributed by atoms with Gasteiger partial charge in [-0.05, 0) is 54.8 Å². The Hall–Kier alpha value is -2.34. The SMILES string of the molecule is COc1ccc(CCNC(=O)C2CCCCN2C(=O)c2cccs2)cc1. The maximum atomic E-state index is 12.7. The van der Waals surface area contributed by atoms with Crippen molar-refractivity contribution in [3.8, 4) is 5.75 Å². The third-order valence-corrected chi connectivity index (χ3v) is 5.53. The maximum absolute atomic E-state index is 12.7. The topological polar surface area (TPSA) is 58.6 Å². The molecule has 0 saturated carbocycles. The predicted molar refractivity (Wildman–Crippen MR) is 103 cm³/mol. The number of thiophene rings is 1. The van der Waals surface area contributed by atoms with Crippen LogP contribution in [0, 0.1) is 0 Å². The van der Waals surface area contributed by atoms with Crippen LogP contribution in [0.5, 0.6) is 5.75 Å².